The van der Waals surface area contributed by atoms with Gasteiger partial charge in [0.15, 0.2) is 0 Å². The van der Waals surface area contributed by atoms with Gasteiger partial charge >= 0.3 is 0 Å². The zero-order valence-corrected chi connectivity index (χ0v) is 10.5. The number of nitrogens with one attached hydrogen (secondary N) is 1. The second kappa shape index (κ2) is 5.85. The third-order valence-electron chi connectivity index (χ3n) is 2.14. The molecule has 0 aliphatic carbocycles. The van der Waals surface area contributed by atoms with E-state index in [2.05, 4.69) is 40.8 Å². The first-order valence-corrected chi connectivity index (χ1v) is 6.47. The molecule has 84 valence electrons. The number of imidazole rings is 1. The summed E-state index contributed by atoms with van der Waals surface area (Å²) in [6, 6.07) is 0.466. The Morgan fingerprint density at radius 1 is 1.73 bits per heavy atom. The van der Waals surface area contributed by atoms with Crippen LogP contribution < -0.4 is 5.32 Å². The smallest absolute Gasteiger partial charge is 0.203 e. The number of rotatable bonds is 6. The molecule has 15 heavy (non-hydrogen) atoms. The molecule has 0 aromatic carbocycles. The Balaban J connectivity index is 2.79. The van der Waals surface area contributed by atoms with E-state index in [1.165, 1.54) is 0 Å². The van der Waals surface area contributed by atoms with Crippen LogP contribution in [0.25, 0.3) is 0 Å². The van der Waals surface area contributed by atoms with Crippen molar-refractivity contribution >= 4 is 17.7 Å². The Morgan fingerprint density at radius 3 is 3.07 bits per heavy atom. The highest BCUT2D eigenvalue weighted by molar-refractivity contribution is 7.98. The molecule has 0 bridgehead atoms. The van der Waals surface area contributed by atoms with E-state index in [1.807, 2.05) is 24.8 Å². The van der Waals surface area contributed by atoms with E-state index in [9.17, 15) is 0 Å². The van der Waals surface area contributed by atoms with Gasteiger partial charge in [0.05, 0.1) is 5.69 Å². The molecule has 0 spiro atoms. The van der Waals surface area contributed by atoms with Crippen molar-refractivity contribution in [2.24, 2.45) is 0 Å². The number of aromatic nitrogens is 2. The maximum Gasteiger partial charge on any atom is 0.203 e. The van der Waals surface area contributed by atoms with Crippen LogP contribution in [-0.4, -0.2) is 28.1 Å². The van der Waals surface area contributed by atoms with E-state index < -0.39 is 0 Å². The minimum atomic E-state index is 0.466. The van der Waals surface area contributed by atoms with Crippen LogP contribution in [0.2, 0.25) is 0 Å². The van der Waals surface area contributed by atoms with Crippen LogP contribution in [0.4, 0.5) is 5.95 Å². The summed E-state index contributed by atoms with van der Waals surface area (Å²) in [5.41, 5.74) is 1.05. The molecule has 1 rings (SSSR count). The van der Waals surface area contributed by atoms with Gasteiger partial charge in [0, 0.05) is 24.5 Å². The van der Waals surface area contributed by atoms with E-state index in [0.717, 1.165) is 23.9 Å². The molecule has 0 fully saturated rings. The molecule has 1 aromatic rings. The maximum atomic E-state index is 4.45. The number of hydrogen-bond acceptors (Lipinski definition) is 3. The molecule has 3 nitrogen and oxygen atoms in total. The third kappa shape index (κ3) is 3.30. The summed E-state index contributed by atoms with van der Waals surface area (Å²) in [6.07, 6.45) is 6.05. The summed E-state index contributed by atoms with van der Waals surface area (Å²) in [4.78, 5) is 4.45. The molecule has 1 aromatic heterocycles. The second-order valence-electron chi connectivity index (χ2n) is 3.59. The first-order valence-electron chi connectivity index (χ1n) is 5.08. The zero-order valence-electron chi connectivity index (χ0n) is 9.66. The minimum Gasteiger partial charge on any atom is -0.352 e. The summed E-state index contributed by atoms with van der Waals surface area (Å²) in [5, 5.41) is 3.25. The van der Waals surface area contributed by atoms with Crippen molar-refractivity contribution in [1.82, 2.24) is 9.55 Å². The van der Waals surface area contributed by atoms with Crippen LogP contribution in [0.3, 0.4) is 0 Å². The Labute approximate surface area is 96.0 Å². The van der Waals surface area contributed by atoms with Crippen molar-refractivity contribution in [3.63, 3.8) is 0 Å². The average Bonchev–Trinajstić information content (AvgIpc) is 2.57. The van der Waals surface area contributed by atoms with Crippen molar-refractivity contribution in [2.45, 2.75) is 19.9 Å². The summed E-state index contributed by atoms with van der Waals surface area (Å²) in [7, 11) is 0. The Hall–Kier alpha value is -0.900. The highest BCUT2D eigenvalue weighted by atomic mass is 32.2. The number of nitrogens with zero attached hydrogens (tertiary/aromatic N) is 2. The fraction of sp³-hybridized carbons (Fsp3) is 0.545. The van der Waals surface area contributed by atoms with Crippen molar-refractivity contribution in [3.05, 3.63) is 24.5 Å². The molecule has 0 aliphatic rings. The predicted molar refractivity (Wildman–Crippen MR) is 68.7 cm³/mol. The lowest BCUT2D eigenvalue weighted by atomic mass is 10.4. The molecule has 0 aliphatic heterocycles. The van der Waals surface area contributed by atoms with Gasteiger partial charge in [-0.15, -0.1) is 6.58 Å². The van der Waals surface area contributed by atoms with Gasteiger partial charge in [0.2, 0.25) is 5.95 Å². The molecule has 1 atom stereocenters. The predicted octanol–water partition coefficient (Wildman–Crippen LogP) is 2.71. The molecule has 0 saturated heterocycles. The summed E-state index contributed by atoms with van der Waals surface area (Å²) < 4.78 is 2.19. The van der Waals surface area contributed by atoms with Crippen LogP contribution >= 0.6 is 11.8 Å². The number of thioether (sulfide) groups is 1. The highest BCUT2D eigenvalue weighted by Crippen LogP contribution is 2.18. The lowest BCUT2D eigenvalue weighted by Crippen LogP contribution is -2.12. The minimum absolute atomic E-state index is 0.466. The largest absolute Gasteiger partial charge is 0.352 e. The van der Waals surface area contributed by atoms with Crippen LogP contribution in [0.5, 0.6) is 0 Å². The fourth-order valence-electron chi connectivity index (χ4n) is 1.47. The topological polar surface area (TPSA) is 29.9 Å². The van der Waals surface area contributed by atoms with E-state index in [-0.39, 0.29) is 0 Å². The van der Waals surface area contributed by atoms with Gasteiger partial charge in [-0.25, -0.2) is 4.98 Å². The summed E-state index contributed by atoms with van der Waals surface area (Å²) in [6.45, 7) is 8.66. The highest BCUT2D eigenvalue weighted by Gasteiger charge is 2.10. The van der Waals surface area contributed by atoms with E-state index in [4.69, 9.17) is 0 Å². The number of aryl methyl sites for hydroxylation is 1. The molecule has 0 amide bonds. The zero-order chi connectivity index (χ0) is 11.3. The molecule has 1 heterocycles. The average molecular weight is 225 g/mol. The van der Waals surface area contributed by atoms with Crippen LogP contribution in [0.15, 0.2) is 18.9 Å². The lowest BCUT2D eigenvalue weighted by Gasteiger charge is -2.15. The van der Waals surface area contributed by atoms with Crippen LogP contribution in [0.1, 0.15) is 18.7 Å². The molecule has 1 N–H and O–H groups in total. The van der Waals surface area contributed by atoms with E-state index >= 15 is 0 Å². The maximum absolute atomic E-state index is 4.45. The van der Waals surface area contributed by atoms with Gasteiger partial charge in [-0.2, -0.15) is 11.8 Å². The quantitative estimate of drug-likeness (QED) is 0.755. The molecule has 1 unspecified atom stereocenters. The molecule has 4 heteroatoms. The second-order valence-corrected chi connectivity index (χ2v) is 4.50. The van der Waals surface area contributed by atoms with Gasteiger partial charge < -0.3 is 9.88 Å². The first kappa shape index (κ1) is 12.2. The molecule has 0 radical (unpaired) electrons. The van der Waals surface area contributed by atoms with E-state index in [1.54, 1.807) is 0 Å². The van der Waals surface area contributed by atoms with Crippen LogP contribution in [0, 0.1) is 6.92 Å². The Morgan fingerprint density at radius 2 is 2.47 bits per heavy atom. The fourth-order valence-corrected chi connectivity index (χ4v) is 2.11. The van der Waals surface area contributed by atoms with Crippen molar-refractivity contribution in [2.75, 3.05) is 23.9 Å². The Bertz CT molecular complexity index is 320. The van der Waals surface area contributed by atoms with Gasteiger partial charge in [0.25, 0.3) is 0 Å². The van der Waals surface area contributed by atoms with Gasteiger partial charge in [-0.1, -0.05) is 6.08 Å². The summed E-state index contributed by atoms with van der Waals surface area (Å²) in [5.74, 6) is 2.03. The summed E-state index contributed by atoms with van der Waals surface area (Å²) >= 11 is 1.85. The molecular formula is C11H19N3S. The van der Waals surface area contributed by atoms with Crippen molar-refractivity contribution in [3.8, 4) is 0 Å². The van der Waals surface area contributed by atoms with Crippen molar-refractivity contribution in [1.29, 1.82) is 0 Å². The molecule has 0 saturated carbocycles. The van der Waals surface area contributed by atoms with Gasteiger partial charge in [-0.3, -0.25) is 0 Å². The molecular weight excluding hydrogens is 206 g/mol. The first-order chi connectivity index (χ1) is 7.19. The normalized spacial score (nSPS) is 12.5. The number of hydrogen-bond donors (Lipinski definition) is 1. The van der Waals surface area contributed by atoms with Crippen LogP contribution in [-0.2, 0) is 0 Å². The SMILES string of the molecule is C=CCNc1nc(C)cn1C(C)CSC. The monoisotopic (exact) mass is 225 g/mol. The third-order valence-corrected chi connectivity index (χ3v) is 2.96. The van der Waals surface area contributed by atoms with Gasteiger partial charge in [0.1, 0.15) is 0 Å². The number of anilines is 1. The van der Waals surface area contributed by atoms with Crippen molar-refractivity contribution < 1.29 is 0 Å². The van der Waals surface area contributed by atoms with Gasteiger partial charge in [-0.05, 0) is 20.1 Å². The standard InChI is InChI=1S/C11H19N3S/c1-5-6-12-11-13-9(2)7-14(11)10(3)8-15-4/h5,7,10H,1,6,8H2,2-4H3,(H,12,13). The van der Waals surface area contributed by atoms with E-state index in [0.29, 0.717) is 6.04 Å². The Kier molecular flexibility index (Phi) is 4.75. The lowest BCUT2D eigenvalue weighted by molar-refractivity contribution is 0.615.